The lowest BCUT2D eigenvalue weighted by atomic mass is 9.62. The SMILES string of the molecule is Cc1cc2c(cc1C(=O)c1ccc(C(=O)OCCCCOC(=O)c3ccc(C(=O)Nc4ccc5c(c4)C(C)(C)CCC5(C)C)cc3)cc1)C(C)(C)CCC2(C)C. The third-order valence-corrected chi connectivity index (χ3v) is 12.3. The molecular weight excluding hydrogens is 699 g/mol. The molecule has 0 unspecified atom stereocenters. The van der Waals surface area contributed by atoms with Crippen LogP contribution in [-0.4, -0.2) is 36.8 Å². The smallest absolute Gasteiger partial charge is 0.338 e. The number of ketones is 1. The van der Waals surface area contributed by atoms with E-state index in [9.17, 15) is 19.2 Å². The summed E-state index contributed by atoms with van der Waals surface area (Å²) in [4.78, 5) is 52.1. The summed E-state index contributed by atoms with van der Waals surface area (Å²) in [6.45, 7) is 20.4. The molecular formula is C49H57NO6. The van der Waals surface area contributed by atoms with E-state index in [-0.39, 0.29) is 46.6 Å². The molecule has 2 aliphatic rings. The van der Waals surface area contributed by atoms with Crippen molar-refractivity contribution in [3.8, 4) is 0 Å². The van der Waals surface area contributed by atoms with Crippen LogP contribution in [0, 0.1) is 6.92 Å². The standard InChI is InChI=1S/C49H57NO6/c1-31-28-39-41(49(8,9)25-24-47(39,4)5)30-37(31)42(51)32-12-16-34(17-13-32)44(53)55-26-10-11-27-56-45(54)35-18-14-33(15-19-35)43(52)50-36-20-21-38-40(29-36)48(6,7)23-22-46(38,2)3/h12-21,28-30H,10-11,22-27H2,1-9H3,(H,50,52). The Kier molecular flexibility index (Phi) is 11.2. The zero-order valence-corrected chi connectivity index (χ0v) is 34.6. The van der Waals surface area contributed by atoms with Gasteiger partial charge in [0, 0.05) is 22.4 Å². The maximum absolute atomic E-state index is 13.6. The summed E-state index contributed by atoms with van der Waals surface area (Å²) in [7, 11) is 0. The van der Waals surface area contributed by atoms with Crippen LogP contribution < -0.4 is 5.32 Å². The van der Waals surface area contributed by atoms with Crippen molar-refractivity contribution in [1.82, 2.24) is 0 Å². The summed E-state index contributed by atoms with van der Waals surface area (Å²) in [5.74, 6) is -1.26. The van der Waals surface area contributed by atoms with Crippen molar-refractivity contribution in [3.63, 3.8) is 0 Å². The van der Waals surface area contributed by atoms with Crippen LogP contribution in [0.4, 0.5) is 5.69 Å². The highest BCUT2D eigenvalue weighted by Gasteiger charge is 2.39. The summed E-state index contributed by atoms with van der Waals surface area (Å²) >= 11 is 0. The van der Waals surface area contributed by atoms with Crippen LogP contribution in [0.2, 0.25) is 0 Å². The number of aryl methyl sites for hydroxylation is 1. The zero-order chi connectivity index (χ0) is 40.6. The van der Waals surface area contributed by atoms with Gasteiger partial charge in [-0.3, -0.25) is 9.59 Å². The average Bonchev–Trinajstić information content (AvgIpc) is 3.16. The van der Waals surface area contributed by atoms with Gasteiger partial charge in [0.2, 0.25) is 0 Å². The first-order valence-corrected chi connectivity index (χ1v) is 20.0. The zero-order valence-electron chi connectivity index (χ0n) is 34.6. The molecule has 0 spiro atoms. The second-order valence-corrected chi connectivity index (χ2v) is 18.4. The van der Waals surface area contributed by atoms with Crippen molar-refractivity contribution in [3.05, 3.63) is 134 Å². The Morgan fingerprint density at radius 3 is 1.43 bits per heavy atom. The molecule has 7 nitrogen and oxygen atoms in total. The van der Waals surface area contributed by atoms with Crippen molar-refractivity contribution in [1.29, 1.82) is 0 Å². The Morgan fingerprint density at radius 1 is 0.518 bits per heavy atom. The summed E-state index contributed by atoms with van der Waals surface area (Å²) in [5.41, 5.74) is 9.45. The number of rotatable bonds is 11. The maximum Gasteiger partial charge on any atom is 0.338 e. The normalized spacial score (nSPS) is 17.2. The van der Waals surface area contributed by atoms with Crippen LogP contribution >= 0.6 is 0 Å². The largest absolute Gasteiger partial charge is 0.462 e. The van der Waals surface area contributed by atoms with E-state index in [0.717, 1.165) is 36.9 Å². The number of fused-ring (bicyclic) bond motifs is 2. The number of anilines is 1. The van der Waals surface area contributed by atoms with Crippen LogP contribution in [-0.2, 0) is 31.1 Å². The minimum Gasteiger partial charge on any atom is -0.462 e. The van der Waals surface area contributed by atoms with Crippen LogP contribution in [0.15, 0.2) is 78.9 Å². The lowest BCUT2D eigenvalue weighted by Crippen LogP contribution is -2.34. The molecule has 6 rings (SSSR count). The predicted molar refractivity (Wildman–Crippen MR) is 222 cm³/mol. The van der Waals surface area contributed by atoms with Gasteiger partial charge in [0.25, 0.3) is 5.91 Å². The quantitative estimate of drug-likeness (QED) is 0.0930. The number of carbonyl (C=O) groups excluding carboxylic acids is 4. The molecule has 0 bridgehead atoms. The van der Waals surface area contributed by atoms with Gasteiger partial charge < -0.3 is 14.8 Å². The van der Waals surface area contributed by atoms with Gasteiger partial charge in [-0.25, -0.2) is 9.59 Å². The Hall–Kier alpha value is -5.04. The summed E-state index contributed by atoms with van der Waals surface area (Å²) in [5, 5.41) is 3.02. The molecule has 0 saturated carbocycles. The minimum atomic E-state index is -0.485. The Morgan fingerprint density at radius 2 is 0.929 bits per heavy atom. The number of nitrogens with one attached hydrogen (secondary N) is 1. The van der Waals surface area contributed by atoms with E-state index in [2.05, 4.69) is 85.0 Å². The van der Waals surface area contributed by atoms with Crippen molar-refractivity contribution in [2.45, 2.75) is 122 Å². The molecule has 4 aromatic rings. The Bertz CT molecular complexity index is 2150. The minimum absolute atomic E-state index is 0.00447. The fourth-order valence-electron chi connectivity index (χ4n) is 8.21. The highest BCUT2D eigenvalue weighted by molar-refractivity contribution is 6.10. The van der Waals surface area contributed by atoms with E-state index >= 15 is 0 Å². The molecule has 7 heteroatoms. The molecule has 2 aliphatic carbocycles. The number of benzene rings is 4. The van der Waals surface area contributed by atoms with Crippen molar-refractivity contribution in [2.24, 2.45) is 0 Å². The molecule has 0 heterocycles. The second kappa shape index (κ2) is 15.5. The van der Waals surface area contributed by atoms with E-state index in [4.69, 9.17) is 9.47 Å². The Balaban J connectivity index is 0.939. The number of unbranched alkanes of at least 4 members (excludes halogenated alkanes) is 1. The lowest BCUT2D eigenvalue weighted by Gasteiger charge is -2.42. The number of carbonyl (C=O) groups is 4. The molecule has 0 aliphatic heterocycles. The molecule has 0 atom stereocenters. The number of hydrogen-bond acceptors (Lipinski definition) is 6. The van der Waals surface area contributed by atoms with Gasteiger partial charge in [-0.15, -0.1) is 0 Å². The van der Waals surface area contributed by atoms with E-state index in [1.54, 1.807) is 48.5 Å². The highest BCUT2D eigenvalue weighted by atomic mass is 16.5. The van der Waals surface area contributed by atoms with Gasteiger partial charge in [0.15, 0.2) is 5.78 Å². The van der Waals surface area contributed by atoms with Gasteiger partial charge >= 0.3 is 11.9 Å². The molecule has 294 valence electrons. The molecule has 56 heavy (non-hydrogen) atoms. The first-order valence-electron chi connectivity index (χ1n) is 20.0. The van der Waals surface area contributed by atoms with Gasteiger partial charge in [0.1, 0.15) is 0 Å². The number of ether oxygens (including phenoxy) is 2. The first kappa shape index (κ1) is 40.6. The van der Waals surface area contributed by atoms with Crippen LogP contribution in [0.5, 0.6) is 0 Å². The van der Waals surface area contributed by atoms with Crippen LogP contribution in [0.1, 0.15) is 169 Å². The average molecular weight is 756 g/mol. The molecule has 0 radical (unpaired) electrons. The summed E-state index contributed by atoms with van der Waals surface area (Å²) in [6.07, 6.45) is 5.41. The van der Waals surface area contributed by atoms with E-state index in [1.165, 1.54) is 22.3 Å². The monoisotopic (exact) mass is 755 g/mol. The molecule has 0 aromatic heterocycles. The van der Waals surface area contributed by atoms with Crippen molar-refractivity contribution >= 4 is 29.3 Å². The van der Waals surface area contributed by atoms with E-state index < -0.39 is 11.9 Å². The number of amides is 1. The van der Waals surface area contributed by atoms with E-state index in [1.807, 2.05) is 13.0 Å². The third-order valence-electron chi connectivity index (χ3n) is 12.3. The molecule has 1 N–H and O–H groups in total. The molecule has 0 saturated heterocycles. The van der Waals surface area contributed by atoms with Crippen LogP contribution in [0.25, 0.3) is 0 Å². The fraction of sp³-hybridized carbons (Fsp3) is 0.429. The predicted octanol–water partition coefficient (Wildman–Crippen LogP) is 11.0. The van der Waals surface area contributed by atoms with Gasteiger partial charge in [-0.05, 0) is 150 Å². The maximum atomic E-state index is 13.6. The summed E-state index contributed by atoms with van der Waals surface area (Å²) < 4.78 is 10.9. The number of hydrogen-bond donors (Lipinski definition) is 1. The second-order valence-electron chi connectivity index (χ2n) is 18.4. The Labute approximate surface area is 332 Å². The van der Waals surface area contributed by atoms with Crippen molar-refractivity contribution < 1.29 is 28.7 Å². The first-order chi connectivity index (χ1) is 26.3. The van der Waals surface area contributed by atoms with Crippen molar-refractivity contribution in [2.75, 3.05) is 18.5 Å². The lowest BCUT2D eigenvalue weighted by molar-refractivity contribution is 0.0432. The third kappa shape index (κ3) is 8.52. The van der Waals surface area contributed by atoms with Gasteiger partial charge in [0.05, 0.1) is 24.3 Å². The highest BCUT2D eigenvalue weighted by Crippen LogP contribution is 2.48. The number of esters is 2. The topological polar surface area (TPSA) is 98.8 Å². The molecule has 0 fully saturated rings. The molecule has 4 aromatic carbocycles. The van der Waals surface area contributed by atoms with Crippen LogP contribution in [0.3, 0.4) is 0 Å². The summed E-state index contributed by atoms with van der Waals surface area (Å²) in [6, 6.07) is 23.5. The van der Waals surface area contributed by atoms with E-state index in [0.29, 0.717) is 40.7 Å². The van der Waals surface area contributed by atoms with Gasteiger partial charge in [-0.1, -0.05) is 79.7 Å². The molecule has 1 amide bonds. The van der Waals surface area contributed by atoms with Gasteiger partial charge in [-0.2, -0.15) is 0 Å². The fourth-order valence-corrected chi connectivity index (χ4v) is 8.21.